The number of alkyl halides is 3. The van der Waals surface area contributed by atoms with E-state index < -0.39 is 41.4 Å². The van der Waals surface area contributed by atoms with Gasteiger partial charge < -0.3 is 18.9 Å². The largest absolute Gasteiger partial charge is 0.493 e. The molecule has 0 radical (unpaired) electrons. The Morgan fingerprint density at radius 1 is 1.34 bits per heavy atom. The van der Waals surface area contributed by atoms with Gasteiger partial charge >= 0.3 is 11.9 Å². The smallest absolute Gasteiger partial charge is 0.423 e. The molecule has 35 heavy (non-hydrogen) atoms. The van der Waals surface area contributed by atoms with Crippen molar-refractivity contribution in [2.45, 2.75) is 44.4 Å². The number of aromatic nitrogens is 2. The number of H-pyrrole nitrogens is 1. The van der Waals surface area contributed by atoms with Crippen molar-refractivity contribution in [3.63, 3.8) is 0 Å². The number of terminal acetylenes is 1. The zero-order valence-corrected chi connectivity index (χ0v) is 19.5. The Hall–Kier alpha value is -3.14. The Kier molecular flexibility index (Phi) is 8.71. The molecule has 1 N–H and O–H groups in total. The molecule has 1 aliphatic heterocycles. The Morgan fingerprint density at radius 3 is 2.77 bits per heavy atom. The highest BCUT2D eigenvalue weighted by molar-refractivity contribution is 7.80. The molecule has 2 aromatic rings. The standard InChI is InChI=1S/C23H23F3N2O6S/c1-3-9-31-16-8-6-5-7-14(16)21(35)33-13-18-17(32-10-4-2)11-19(34-18)28-12-15(23(24,25)26)20(29)27-22(28)30/h2,5-8,12,17-19H,3,9-11,13H2,1H3,(H,27,29,30)/t17-,18+,19+/m0/s1. The summed E-state index contributed by atoms with van der Waals surface area (Å²) in [6, 6.07) is 7.05. The van der Waals surface area contributed by atoms with Crippen molar-refractivity contribution >= 4 is 17.3 Å². The zero-order valence-electron chi connectivity index (χ0n) is 18.7. The number of hydrogen-bond donors (Lipinski definition) is 1. The first-order valence-electron chi connectivity index (χ1n) is 10.7. The van der Waals surface area contributed by atoms with Crippen LogP contribution in [0.1, 0.15) is 37.1 Å². The lowest BCUT2D eigenvalue weighted by Crippen LogP contribution is -2.36. The molecule has 12 heteroatoms. The molecule has 0 bridgehead atoms. The van der Waals surface area contributed by atoms with Crippen molar-refractivity contribution in [2.24, 2.45) is 0 Å². The number of hydrogen-bond acceptors (Lipinski definition) is 7. The van der Waals surface area contributed by atoms with Crippen molar-refractivity contribution in [3.8, 4) is 18.1 Å². The Balaban J connectivity index is 1.78. The molecule has 0 aliphatic carbocycles. The summed E-state index contributed by atoms with van der Waals surface area (Å²) in [6.07, 6.45) is -1.17. The van der Waals surface area contributed by atoms with E-state index in [1.807, 2.05) is 6.92 Å². The molecule has 188 valence electrons. The minimum Gasteiger partial charge on any atom is -0.493 e. The van der Waals surface area contributed by atoms with E-state index in [9.17, 15) is 22.8 Å². The molecule has 1 aliphatic rings. The summed E-state index contributed by atoms with van der Waals surface area (Å²) >= 11 is 5.38. The normalized spacial score (nSPS) is 19.8. The number of thiocarbonyl (C=S) groups is 1. The third-order valence-corrected chi connectivity index (χ3v) is 5.43. The fourth-order valence-corrected chi connectivity index (χ4v) is 3.70. The van der Waals surface area contributed by atoms with Gasteiger partial charge in [-0.2, -0.15) is 13.2 Å². The first kappa shape index (κ1) is 26.5. The SMILES string of the molecule is C#CCO[C@H]1C[C@H](n2cc(C(F)(F)F)c(=O)[nH]c2=O)O[C@@H]1COC(=S)c1ccccc1OCCC. The van der Waals surface area contributed by atoms with Gasteiger partial charge in [-0.15, -0.1) is 6.42 Å². The molecule has 0 amide bonds. The van der Waals surface area contributed by atoms with Gasteiger partial charge in [0.25, 0.3) is 5.56 Å². The van der Waals surface area contributed by atoms with E-state index in [0.717, 1.165) is 6.42 Å². The van der Waals surface area contributed by atoms with Crippen LogP contribution in [-0.2, 0) is 20.4 Å². The molecule has 1 aromatic carbocycles. The second-order valence-corrected chi connectivity index (χ2v) is 7.94. The van der Waals surface area contributed by atoms with Crippen molar-refractivity contribution in [1.82, 2.24) is 9.55 Å². The molecule has 0 saturated carbocycles. The Bertz CT molecular complexity index is 1200. The number of benzene rings is 1. The minimum atomic E-state index is -4.96. The van der Waals surface area contributed by atoms with E-state index in [-0.39, 0.29) is 24.7 Å². The molecule has 3 rings (SSSR count). The van der Waals surface area contributed by atoms with Crippen LogP contribution in [0, 0.1) is 12.3 Å². The predicted octanol–water partition coefficient (Wildman–Crippen LogP) is 3.04. The van der Waals surface area contributed by atoms with Gasteiger partial charge in [-0.05, 0) is 30.8 Å². The number of halogens is 3. The zero-order chi connectivity index (χ0) is 25.6. The number of rotatable bonds is 9. The third-order valence-electron chi connectivity index (χ3n) is 5.09. The van der Waals surface area contributed by atoms with E-state index in [2.05, 4.69) is 5.92 Å². The van der Waals surface area contributed by atoms with Crippen molar-refractivity contribution in [3.05, 3.63) is 62.4 Å². The third kappa shape index (κ3) is 6.50. The summed E-state index contributed by atoms with van der Waals surface area (Å²) in [5, 5.41) is 0.125. The number of ether oxygens (including phenoxy) is 4. The average Bonchev–Trinajstić information content (AvgIpc) is 3.21. The molecule has 0 unspecified atom stereocenters. The topological polar surface area (TPSA) is 91.8 Å². The van der Waals surface area contributed by atoms with Gasteiger partial charge in [0.1, 0.15) is 36.9 Å². The van der Waals surface area contributed by atoms with Crippen molar-refractivity contribution in [1.29, 1.82) is 0 Å². The van der Waals surface area contributed by atoms with Crippen molar-refractivity contribution in [2.75, 3.05) is 19.8 Å². The number of aromatic amines is 1. The molecular formula is C23H23F3N2O6S. The van der Waals surface area contributed by atoms with Gasteiger partial charge in [0, 0.05) is 12.6 Å². The van der Waals surface area contributed by atoms with E-state index in [1.165, 1.54) is 0 Å². The molecule has 1 aromatic heterocycles. The van der Waals surface area contributed by atoms with Crippen LogP contribution in [0.25, 0.3) is 0 Å². The van der Waals surface area contributed by atoms with Gasteiger partial charge in [0.05, 0.1) is 18.3 Å². The summed E-state index contributed by atoms with van der Waals surface area (Å²) in [6.45, 7) is 2.23. The molecule has 8 nitrogen and oxygen atoms in total. The first-order chi connectivity index (χ1) is 16.7. The van der Waals surface area contributed by atoms with Gasteiger partial charge in [0.15, 0.2) is 5.05 Å². The summed E-state index contributed by atoms with van der Waals surface area (Å²) in [5.41, 5.74) is -3.56. The van der Waals surface area contributed by atoms with Gasteiger partial charge in [-0.25, -0.2) is 4.79 Å². The maximum atomic E-state index is 13.2. The fraction of sp³-hybridized carbons (Fsp3) is 0.435. The number of para-hydroxylation sites is 1. The van der Waals surface area contributed by atoms with Gasteiger partial charge in [-0.1, -0.05) is 25.0 Å². The lowest BCUT2D eigenvalue weighted by Gasteiger charge is -2.20. The highest BCUT2D eigenvalue weighted by Crippen LogP contribution is 2.32. The highest BCUT2D eigenvalue weighted by Gasteiger charge is 2.40. The average molecular weight is 513 g/mol. The number of nitrogens with zero attached hydrogens (tertiary/aromatic N) is 1. The van der Waals surface area contributed by atoms with E-state index in [1.54, 1.807) is 29.2 Å². The van der Waals surface area contributed by atoms with Crippen LogP contribution in [0.15, 0.2) is 40.1 Å². The fourth-order valence-electron chi connectivity index (χ4n) is 3.46. The summed E-state index contributed by atoms with van der Waals surface area (Å²) in [7, 11) is 0. The molecule has 1 saturated heterocycles. The monoisotopic (exact) mass is 512 g/mol. The maximum Gasteiger partial charge on any atom is 0.423 e. The van der Waals surface area contributed by atoms with Crippen LogP contribution in [0.3, 0.4) is 0 Å². The first-order valence-corrected chi connectivity index (χ1v) is 11.1. The Labute approximate surface area is 204 Å². The van der Waals surface area contributed by atoms with Crippen LogP contribution in [0.5, 0.6) is 5.75 Å². The Morgan fingerprint density at radius 2 is 2.09 bits per heavy atom. The summed E-state index contributed by atoms with van der Waals surface area (Å²) < 4.78 is 63.0. The van der Waals surface area contributed by atoms with Crippen LogP contribution in [0.2, 0.25) is 0 Å². The van der Waals surface area contributed by atoms with E-state index in [0.29, 0.717) is 28.7 Å². The van der Waals surface area contributed by atoms with Crippen LogP contribution < -0.4 is 16.0 Å². The molecular weight excluding hydrogens is 489 g/mol. The van der Waals surface area contributed by atoms with E-state index >= 15 is 0 Å². The number of nitrogens with one attached hydrogen (secondary N) is 1. The predicted molar refractivity (Wildman–Crippen MR) is 123 cm³/mol. The molecule has 2 heterocycles. The molecule has 0 spiro atoms. The highest BCUT2D eigenvalue weighted by atomic mass is 32.1. The lowest BCUT2D eigenvalue weighted by atomic mass is 10.1. The summed E-state index contributed by atoms with van der Waals surface area (Å²) in [4.78, 5) is 25.5. The minimum absolute atomic E-state index is 0.0120. The van der Waals surface area contributed by atoms with Crippen LogP contribution in [-0.4, -0.2) is 46.6 Å². The molecule has 1 fully saturated rings. The van der Waals surface area contributed by atoms with Crippen molar-refractivity contribution < 1.29 is 32.1 Å². The second-order valence-electron chi connectivity index (χ2n) is 7.57. The summed E-state index contributed by atoms with van der Waals surface area (Å²) in [5.74, 6) is 2.86. The molecule has 3 atom stereocenters. The van der Waals surface area contributed by atoms with Gasteiger partial charge in [0.2, 0.25) is 0 Å². The quantitative estimate of drug-likeness (QED) is 0.408. The van der Waals surface area contributed by atoms with Gasteiger partial charge in [-0.3, -0.25) is 14.3 Å². The van der Waals surface area contributed by atoms with E-state index in [4.69, 9.17) is 37.6 Å². The van der Waals surface area contributed by atoms with Crippen LogP contribution >= 0.6 is 12.2 Å². The second kappa shape index (κ2) is 11.5. The maximum absolute atomic E-state index is 13.2. The lowest BCUT2D eigenvalue weighted by molar-refractivity contribution is -0.139. The van der Waals surface area contributed by atoms with Crippen LogP contribution in [0.4, 0.5) is 13.2 Å².